The SMILES string of the molecule is Cc1ccc(C[C@@H](C#N)Sc2nnc(-c3cc4c(s3)CC[C@@H](C)C4)o2)cc1. The molecule has 0 radical (unpaired) electrons. The Labute approximate surface area is 167 Å². The van der Waals surface area contributed by atoms with Crippen molar-refractivity contribution in [3.63, 3.8) is 0 Å². The van der Waals surface area contributed by atoms with Crippen molar-refractivity contribution in [3.8, 4) is 16.8 Å². The van der Waals surface area contributed by atoms with Gasteiger partial charge in [-0.1, -0.05) is 36.8 Å². The Balaban J connectivity index is 1.46. The molecule has 1 aliphatic carbocycles. The zero-order valence-corrected chi connectivity index (χ0v) is 17.1. The number of nitrogens with zero attached hydrogens (tertiary/aromatic N) is 3. The van der Waals surface area contributed by atoms with Crippen LogP contribution in [0.4, 0.5) is 0 Å². The second-order valence-electron chi connectivity index (χ2n) is 7.21. The number of aromatic nitrogens is 2. The maximum atomic E-state index is 9.50. The molecule has 0 spiro atoms. The summed E-state index contributed by atoms with van der Waals surface area (Å²) in [5.74, 6) is 1.31. The van der Waals surface area contributed by atoms with Crippen LogP contribution in [-0.2, 0) is 19.3 Å². The fourth-order valence-electron chi connectivity index (χ4n) is 3.34. The first-order chi connectivity index (χ1) is 13.1. The van der Waals surface area contributed by atoms with Crippen LogP contribution in [0.3, 0.4) is 0 Å². The van der Waals surface area contributed by atoms with E-state index in [2.05, 4.69) is 60.4 Å². The van der Waals surface area contributed by atoms with Gasteiger partial charge < -0.3 is 4.42 Å². The fourth-order valence-corrected chi connectivity index (χ4v) is 5.26. The molecule has 1 aliphatic rings. The molecule has 1 aromatic carbocycles. The van der Waals surface area contributed by atoms with E-state index in [4.69, 9.17) is 4.42 Å². The van der Waals surface area contributed by atoms with Crippen LogP contribution in [0.25, 0.3) is 10.8 Å². The fraction of sp³-hybridized carbons (Fsp3) is 0.381. The van der Waals surface area contributed by atoms with Gasteiger partial charge in [-0.2, -0.15) is 5.26 Å². The van der Waals surface area contributed by atoms with Gasteiger partial charge in [0, 0.05) is 4.88 Å². The van der Waals surface area contributed by atoms with Crippen molar-refractivity contribution in [1.82, 2.24) is 10.2 Å². The van der Waals surface area contributed by atoms with E-state index in [0.717, 1.165) is 29.2 Å². The number of benzene rings is 1. The molecule has 2 atom stereocenters. The molecule has 2 aromatic heterocycles. The Hall–Kier alpha value is -2.10. The zero-order chi connectivity index (χ0) is 18.8. The van der Waals surface area contributed by atoms with Gasteiger partial charge in [0.15, 0.2) is 0 Å². The number of hydrogen-bond acceptors (Lipinski definition) is 6. The lowest BCUT2D eigenvalue weighted by Gasteiger charge is -2.16. The number of nitriles is 1. The van der Waals surface area contributed by atoms with Gasteiger partial charge in [-0.25, -0.2) is 0 Å². The van der Waals surface area contributed by atoms with Crippen molar-refractivity contribution >= 4 is 23.1 Å². The summed E-state index contributed by atoms with van der Waals surface area (Å²) < 4.78 is 5.86. The van der Waals surface area contributed by atoms with Crippen molar-refractivity contribution in [2.24, 2.45) is 5.92 Å². The molecule has 2 heterocycles. The number of fused-ring (bicyclic) bond motifs is 1. The molecule has 138 valence electrons. The van der Waals surface area contributed by atoms with Gasteiger partial charge in [-0.3, -0.25) is 0 Å². The van der Waals surface area contributed by atoms with Crippen molar-refractivity contribution in [2.75, 3.05) is 0 Å². The Morgan fingerprint density at radius 3 is 2.93 bits per heavy atom. The monoisotopic (exact) mass is 395 g/mol. The normalized spacial score (nSPS) is 17.3. The molecule has 0 aliphatic heterocycles. The average molecular weight is 396 g/mol. The van der Waals surface area contributed by atoms with Crippen LogP contribution in [0.1, 0.15) is 34.9 Å². The molecule has 6 heteroatoms. The first kappa shape index (κ1) is 18.3. The van der Waals surface area contributed by atoms with E-state index in [0.29, 0.717) is 17.5 Å². The largest absolute Gasteiger partial charge is 0.410 e. The van der Waals surface area contributed by atoms with Crippen molar-refractivity contribution in [1.29, 1.82) is 5.26 Å². The standard InChI is InChI=1S/C21H21N3OS2/c1-13-3-6-15(7-4-13)10-17(12-22)26-21-24-23-20(25-21)19-11-16-9-14(2)5-8-18(16)27-19/h3-4,6-7,11,14,17H,5,8-10H2,1-2H3/t14-,17+/m1/s1. The van der Waals surface area contributed by atoms with Crippen LogP contribution in [0, 0.1) is 24.2 Å². The minimum atomic E-state index is -0.251. The summed E-state index contributed by atoms with van der Waals surface area (Å²) in [5, 5.41) is 18.1. The lowest BCUT2D eigenvalue weighted by atomic mass is 9.90. The molecule has 27 heavy (non-hydrogen) atoms. The van der Waals surface area contributed by atoms with Crippen molar-refractivity contribution < 1.29 is 4.42 Å². The topological polar surface area (TPSA) is 62.7 Å². The van der Waals surface area contributed by atoms with Gasteiger partial charge >= 0.3 is 0 Å². The van der Waals surface area contributed by atoms with Gasteiger partial charge in [-0.15, -0.1) is 21.5 Å². The highest BCUT2D eigenvalue weighted by Gasteiger charge is 2.22. The number of thioether (sulfide) groups is 1. The smallest absolute Gasteiger partial charge is 0.278 e. The third-order valence-corrected chi connectivity index (χ3v) is 7.02. The van der Waals surface area contributed by atoms with Gasteiger partial charge in [0.1, 0.15) is 5.25 Å². The zero-order valence-electron chi connectivity index (χ0n) is 15.4. The van der Waals surface area contributed by atoms with Gasteiger partial charge in [-0.05, 0) is 67.5 Å². The first-order valence-electron chi connectivity index (χ1n) is 9.18. The summed E-state index contributed by atoms with van der Waals surface area (Å²) in [7, 11) is 0. The van der Waals surface area contributed by atoms with E-state index < -0.39 is 0 Å². The molecular formula is C21H21N3OS2. The van der Waals surface area contributed by atoms with Gasteiger partial charge in [0.25, 0.3) is 11.1 Å². The van der Waals surface area contributed by atoms with Crippen LogP contribution in [-0.4, -0.2) is 15.4 Å². The van der Waals surface area contributed by atoms with Crippen LogP contribution < -0.4 is 0 Å². The molecule has 0 saturated heterocycles. The summed E-state index contributed by atoms with van der Waals surface area (Å²) >= 11 is 3.10. The second kappa shape index (κ2) is 7.87. The summed E-state index contributed by atoms with van der Waals surface area (Å²) in [4.78, 5) is 2.49. The van der Waals surface area contributed by atoms with Crippen LogP contribution in [0.15, 0.2) is 40.0 Å². The Bertz CT molecular complexity index is 968. The molecule has 0 saturated carbocycles. The molecule has 0 N–H and O–H groups in total. The number of hydrogen-bond donors (Lipinski definition) is 0. The van der Waals surface area contributed by atoms with E-state index in [-0.39, 0.29) is 5.25 Å². The highest BCUT2D eigenvalue weighted by Crippen LogP contribution is 2.37. The molecular weight excluding hydrogens is 374 g/mol. The molecule has 0 bridgehead atoms. The maximum Gasteiger partial charge on any atom is 0.278 e. The summed E-state index contributed by atoms with van der Waals surface area (Å²) in [6, 6.07) is 12.8. The summed E-state index contributed by atoms with van der Waals surface area (Å²) in [6.45, 7) is 4.36. The lowest BCUT2D eigenvalue weighted by Crippen LogP contribution is -2.07. The Morgan fingerprint density at radius 1 is 1.33 bits per heavy atom. The summed E-state index contributed by atoms with van der Waals surface area (Å²) in [6.07, 6.45) is 4.18. The molecule has 0 unspecified atom stereocenters. The number of aryl methyl sites for hydroxylation is 2. The third-order valence-electron chi connectivity index (χ3n) is 4.88. The minimum absolute atomic E-state index is 0.251. The third kappa shape index (κ3) is 4.26. The highest BCUT2D eigenvalue weighted by atomic mass is 32.2. The lowest BCUT2D eigenvalue weighted by molar-refractivity contribution is 0.466. The van der Waals surface area contributed by atoms with E-state index in [1.165, 1.54) is 34.2 Å². The van der Waals surface area contributed by atoms with E-state index in [1.54, 1.807) is 11.3 Å². The average Bonchev–Trinajstić information content (AvgIpc) is 3.29. The minimum Gasteiger partial charge on any atom is -0.410 e. The number of thiophene rings is 1. The van der Waals surface area contributed by atoms with Gasteiger partial charge in [0.2, 0.25) is 0 Å². The first-order valence-corrected chi connectivity index (χ1v) is 10.9. The molecule has 0 fully saturated rings. The van der Waals surface area contributed by atoms with Crippen molar-refractivity contribution in [3.05, 3.63) is 51.9 Å². The quantitative estimate of drug-likeness (QED) is 0.537. The maximum absolute atomic E-state index is 9.50. The Morgan fingerprint density at radius 2 is 2.15 bits per heavy atom. The molecule has 0 amide bonds. The van der Waals surface area contributed by atoms with Crippen LogP contribution in [0.2, 0.25) is 0 Å². The molecule has 4 nitrogen and oxygen atoms in total. The predicted molar refractivity (Wildman–Crippen MR) is 109 cm³/mol. The van der Waals surface area contributed by atoms with Crippen LogP contribution >= 0.6 is 23.1 Å². The van der Waals surface area contributed by atoms with Crippen molar-refractivity contribution in [2.45, 2.75) is 50.0 Å². The van der Waals surface area contributed by atoms with Crippen LogP contribution in [0.5, 0.6) is 0 Å². The van der Waals surface area contributed by atoms with Gasteiger partial charge in [0.05, 0.1) is 10.9 Å². The molecule has 3 aromatic rings. The van der Waals surface area contributed by atoms with E-state index in [1.807, 2.05) is 0 Å². The summed E-state index contributed by atoms with van der Waals surface area (Å²) in [5.41, 5.74) is 3.78. The number of rotatable bonds is 5. The second-order valence-corrected chi connectivity index (χ2v) is 9.50. The highest BCUT2D eigenvalue weighted by molar-refractivity contribution is 7.99. The predicted octanol–water partition coefficient (Wildman–Crippen LogP) is 5.46. The van der Waals surface area contributed by atoms with E-state index >= 15 is 0 Å². The van der Waals surface area contributed by atoms with E-state index in [9.17, 15) is 5.26 Å². The Kier molecular flexibility index (Phi) is 5.33. The molecule has 4 rings (SSSR count).